The van der Waals surface area contributed by atoms with Crippen LogP contribution in [0, 0.1) is 0 Å². The van der Waals surface area contributed by atoms with Crippen molar-refractivity contribution in [3.05, 3.63) is 35.4 Å². The van der Waals surface area contributed by atoms with E-state index in [-0.39, 0.29) is 30.9 Å². The second kappa shape index (κ2) is 7.19. The normalized spacial score (nSPS) is 18.4. The average Bonchev–Trinajstić information content (AvgIpc) is 2.89. The van der Waals surface area contributed by atoms with E-state index in [1.165, 1.54) is 12.1 Å². The molecule has 0 aliphatic carbocycles. The third-order valence-electron chi connectivity index (χ3n) is 2.78. The first-order chi connectivity index (χ1) is 8.97. The standard InChI is InChI=1S/C12H13F3N2OS.ClH/c13-12(14,15)9-3-1-8(2-4-9)5-16-11(18)10-6-19-7-17-10;/h1-4,10,17H,5-7H2,(H,16,18);1H. The van der Waals surface area contributed by atoms with Crippen LogP contribution in [0.1, 0.15) is 11.1 Å². The summed E-state index contributed by atoms with van der Waals surface area (Å²) in [7, 11) is 0. The second-order valence-corrected chi connectivity index (χ2v) is 5.21. The van der Waals surface area contributed by atoms with Crippen LogP contribution in [0.5, 0.6) is 0 Å². The first-order valence-electron chi connectivity index (χ1n) is 5.72. The second-order valence-electron chi connectivity index (χ2n) is 4.18. The van der Waals surface area contributed by atoms with Crippen LogP contribution in [-0.2, 0) is 17.5 Å². The lowest BCUT2D eigenvalue weighted by Crippen LogP contribution is -2.41. The fourth-order valence-electron chi connectivity index (χ4n) is 1.69. The number of carbonyl (C=O) groups is 1. The summed E-state index contributed by atoms with van der Waals surface area (Å²) in [6.45, 7) is 0.236. The van der Waals surface area contributed by atoms with Gasteiger partial charge in [-0.1, -0.05) is 12.1 Å². The predicted octanol–water partition coefficient (Wildman–Crippen LogP) is 2.41. The van der Waals surface area contributed by atoms with E-state index < -0.39 is 11.7 Å². The highest BCUT2D eigenvalue weighted by Crippen LogP contribution is 2.29. The Hall–Kier alpha value is -0.920. The van der Waals surface area contributed by atoms with Crippen LogP contribution in [0.3, 0.4) is 0 Å². The van der Waals surface area contributed by atoms with E-state index in [1.54, 1.807) is 11.8 Å². The van der Waals surface area contributed by atoms with Crippen molar-refractivity contribution in [2.45, 2.75) is 18.8 Å². The van der Waals surface area contributed by atoms with Gasteiger partial charge in [-0.3, -0.25) is 10.1 Å². The van der Waals surface area contributed by atoms with Crippen molar-refractivity contribution >= 4 is 30.1 Å². The Morgan fingerprint density at radius 2 is 2.00 bits per heavy atom. The Morgan fingerprint density at radius 3 is 2.50 bits per heavy atom. The number of carbonyl (C=O) groups excluding carboxylic acids is 1. The summed E-state index contributed by atoms with van der Waals surface area (Å²) in [4.78, 5) is 11.7. The molecule has 0 saturated carbocycles. The molecule has 3 nitrogen and oxygen atoms in total. The van der Waals surface area contributed by atoms with Crippen LogP contribution in [-0.4, -0.2) is 23.6 Å². The van der Waals surface area contributed by atoms with Crippen molar-refractivity contribution in [2.24, 2.45) is 0 Å². The first-order valence-corrected chi connectivity index (χ1v) is 6.87. The van der Waals surface area contributed by atoms with Gasteiger partial charge in [0, 0.05) is 18.2 Å². The van der Waals surface area contributed by atoms with E-state index in [1.807, 2.05) is 0 Å². The summed E-state index contributed by atoms with van der Waals surface area (Å²) in [5, 5.41) is 5.73. The van der Waals surface area contributed by atoms with Crippen LogP contribution in [0.25, 0.3) is 0 Å². The number of alkyl halides is 3. The molecule has 2 N–H and O–H groups in total. The summed E-state index contributed by atoms with van der Waals surface area (Å²) in [5.74, 6) is 1.35. The van der Waals surface area contributed by atoms with Gasteiger partial charge in [0.15, 0.2) is 0 Å². The molecule has 1 aromatic carbocycles. The van der Waals surface area contributed by atoms with Crippen molar-refractivity contribution < 1.29 is 18.0 Å². The minimum Gasteiger partial charge on any atom is -0.351 e. The molecule has 1 unspecified atom stereocenters. The zero-order valence-electron chi connectivity index (χ0n) is 10.4. The summed E-state index contributed by atoms with van der Waals surface area (Å²) >= 11 is 1.64. The fourth-order valence-corrected chi connectivity index (χ4v) is 2.63. The molecule has 1 aliphatic heterocycles. The molecule has 0 aromatic heterocycles. The summed E-state index contributed by atoms with van der Waals surface area (Å²) in [6, 6.07) is 4.58. The molecule has 2 rings (SSSR count). The maximum atomic E-state index is 12.4. The summed E-state index contributed by atoms with van der Waals surface area (Å²) in [6.07, 6.45) is -4.33. The Labute approximate surface area is 125 Å². The smallest absolute Gasteiger partial charge is 0.351 e. The SMILES string of the molecule is Cl.O=C(NCc1ccc(C(F)(F)F)cc1)C1CSCN1. The van der Waals surface area contributed by atoms with Gasteiger partial charge >= 0.3 is 6.18 Å². The number of thioether (sulfide) groups is 1. The van der Waals surface area contributed by atoms with E-state index in [0.717, 1.165) is 23.8 Å². The Balaban J connectivity index is 0.00000200. The van der Waals surface area contributed by atoms with Crippen LogP contribution >= 0.6 is 24.2 Å². The molecule has 8 heteroatoms. The van der Waals surface area contributed by atoms with Gasteiger partial charge in [0.05, 0.1) is 11.6 Å². The van der Waals surface area contributed by atoms with Crippen molar-refractivity contribution in [2.75, 3.05) is 11.6 Å². The highest BCUT2D eigenvalue weighted by atomic mass is 35.5. The quantitative estimate of drug-likeness (QED) is 0.896. The van der Waals surface area contributed by atoms with Gasteiger partial charge in [0.2, 0.25) is 5.91 Å². The van der Waals surface area contributed by atoms with Gasteiger partial charge in [0.1, 0.15) is 0 Å². The Bertz CT molecular complexity index is 447. The molecule has 1 heterocycles. The third kappa shape index (κ3) is 4.57. The molecule has 1 aliphatic rings. The van der Waals surface area contributed by atoms with Crippen molar-refractivity contribution in [1.29, 1.82) is 0 Å². The molecule has 20 heavy (non-hydrogen) atoms. The maximum absolute atomic E-state index is 12.4. The van der Waals surface area contributed by atoms with E-state index >= 15 is 0 Å². The molecule has 0 bridgehead atoms. The highest BCUT2D eigenvalue weighted by Gasteiger charge is 2.30. The number of halogens is 4. The zero-order chi connectivity index (χ0) is 13.9. The number of benzene rings is 1. The zero-order valence-corrected chi connectivity index (χ0v) is 12.0. The monoisotopic (exact) mass is 326 g/mol. The van der Waals surface area contributed by atoms with Crippen molar-refractivity contribution in [3.63, 3.8) is 0 Å². The van der Waals surface area contributed by atoms with Gasteiger partial charge in [-0.05, 0) is 17.7 Å². The number of hydrogen-bond acceptors (Lipinski definition) is 3. The summed E-state index contributed by atoms with van der Waals surface area (Å²) < 4.78 is 37.1. The third-order valence-corrected chi connectivity index (χ3v) is 3.72. The summed E-state index contributed by atoms with van der Waals surface area (Å²) in [5.41, 5.74) is -0.0385. The molecule has 1 atom stereocenters. The number of amides is 1. The molecular formula is C12H14ClF3N2OS. The molecule has 1 aromatic rings. The molecule has 112 valence electrons. The minimum atomic E-state index is -4.33. The van der Waals surface area contributed by atoms with Gasteiger partial charge < -0.3 is 5.32 Å². The van der Waals surface area contributed by atoms with Crippen molar-refractivity contribution in [3.8, 4) is 0 Å². The number of nitrogens with one attached hydrogen (secondary N) is 2. The number of rotatable bonds is 3. The molecule has 1 fully saturated rings. The highest BCUT2D eigenvalue weighted by molar-refractivity contribution is 7.99. The lowest BCUT2D eigenvalue weighted by Gasteiger charge is -2.11. The predicted molar refractivity (Wildman–Crippen MR) is 74.8 cm³/mol. The Morgan fingerprint density at radius 1 is 1.35 bits per heavy atom. The minimum absolute atomic E-state index is 0. The van der Waals surface area contributed by atoms with Crippen LogP contribution < -0.4 is 10.6 Å². The van der Waals surface area contributed by atoms with E-state index in [9.17, 15) is 18.0 Å². The van der Waals surface area contributed by atoms with E-state index in [2.05, 4.69) is 10.6 Å². The molecule has 1 amide bonds. The van der Waals surface area contributed by atoms with Crippen LogP contribution in [0.15, 0.2) is 24.3 Å². The van der Waals surface area contributed by atoms with Crippen LogP contribution in [0.2, 0.25) is 0 Å². The van der Waals surface area contributed by atoms with Gasteiger partial charge in [0.25, 0.3) is 0 Å². The van der Waals surface area contributed by atoms with Gasteiger partial charge in [-0.15, -0.1) is 24.2 Å². The molecule has 1 saturated heterocycles. The molecule has 0 radical (unpaired) electrons. The van der Waals surface area contributed by atoms with Crippen molar-refractivity contribution in [1.82, 2.24) is 10.6 Å². The van der Waals surface area contributed by atoms with Crippen LogP contribution in [0.4, 0.5) is 13.2 Å². The lowest BCUT2D eigenvalue weighted by molar-refractivity contribution is -0.137. The van der Waals surface area contributed by atoms with Gasteiger partial charge in [-0.25, -0.2) is 0 Å². The molecular weight excluding hydrogens is 313 g/mol. The topological polar surface area (TPSA) is 41.1 Å². The van der Waals surface area contributed by atoms with E-state index in [4.69, 9.17) is 0 Å². The number of hydrogen-bond donors (Lipinski definition) is 2. The Kier molecular flexibility index (Phi) is 6.16. The molecule has 0 spiro atoms. The van der Waals surface area contributed by atoms with Gasteiger partial charge in [-0.2, -0.15) is 13.2 Å². The fraction of sp³-hybridized carbons (Fsp3) is 0.417. The first kappa shape index (κ1) is 17.1. The van der Waals surface area contributed by atoms with E-state index in [0.29, 0.717) is 5.56 Å². The average molecular weight is 327 g/mol. The largest absolute Gasteiger partial charge is 0.416 e. The lowest BCUT2D eigenvalue weighted by atomic mass is 10.1. The maximum Gasteiger partial charge on any atom is 0.416 e.